The van der Waals surface area contributed by atoms with E-state index >= 15 is 0 Å². The third kappa shape index (κ3) is 3.82. The number of nitrogens with two attached hydrogens (primary N) is 1. The average Bonchev–Trinajstić information content (AvgIpc) is 3.18. The van der Waals surface area contributed by atoms with Gasteiger partial charge in [-0.2, -0.15) is 0 Å². The van der Waals surface area contributed by atoms with E-state index in [0.29, 0.717) is 10.9 Å². The maximum atomic E-state index is 12.8. The lowest BCUT2D eigenvalue weighted by Crippen LogP contribution is -2.45. The van der Waals surface area contributed by atoms with Crippen molar-refractivity contribution < 1.29 is 9.53 Å². The number of carbonyl (C=O) groups is 1. The van der Waals surface area contributed by atoms with Crippen LogP contribution < -0.4 is 5.73 Å². The summed E-state index contributed by atoms with van der Waals surface area (Å²) in [5.41, 5.74) is 8.00. The third-order valence-corrected chi connectivity index (χ3v) is 6.30. The van der Waals surface area contributed by atoms with Gasteiger partial charge in [-0.3, -0.25) is 4.79 Å². The van der Waals surface area contributed by atoms with Crippen molar-refractivity contribution in [2.45, 2.75) is 37.8 Å². The van der Waals surface area contributed by atoms with Crippen LogP contribution in [0.4, 0.5) is 0 Å². The summed E-state index contributed by atoms with van der Waals surface area (Å²) >= 11 is 1.43. The molecule has 1 aromatic heterocycles. The van der Waals surface area contributed by atoms with Crippen LogP contribution in [-0.2, 0) is 4.74 Å². The number of rotatable bonds is 3. The molecule has 6 heteroatoms. The zero-order chi connectivity index (χ0) is 17.9. The van der Waals surface area contributed by atoms with Gasteiger partial charge < -0.3 is 15.4 Å². The number of hydrogen-bond donors (Lipinski definition) is 1. The van der Waals surface area contributed by atoms with E-state index in [9.17, 15) is 4.79 Å². The van der Waals surface area contributed by atoms with E-state index in [4.69, 9.17) is 10.5 Å². The molecule has 0 radical (unpaired) electrons. The van der Waals surface area contributed by atoms with E-state index in [1.165, 1.54) is 11.3 Å². The van der Waals surface area contributed by atoms with Gasteiger partial charge in [0.25, 0.3) is 5.91 Å². The van der Waals surface area contributed by atoms with Crippen molar-refractivity contribution in [1.82, 2.24) is 9.88 Å². The number of carbonyl (C=O) groups excluding carboxylic acids is 1. The number of benzene rings is 1. The van der Waals surface area contributed by atoms with E-state index in [-0.39, 0.29) is 18.1 Å². The first-order valence-electron chi connectivity index (χ1n) is 9.38. The molecule has 3 heterocycles. The van der Waals surface area contributed by atoms with E-state index in [1.807, 2.05) is 40.6 Å². The van der Waals surface area contributed by atoms with Gasteiger partial charge in [-0.05, 0) is 31.6 Å². The smallest absolute Gasteiger partial charge is 0.282 e. The second-order valence-electron chi connectivity index (χ2n) is 7.23. The first-order valence-corrected chi connectivity index (χ1v) is 10.3. The van der Waals surface area contributed by atoms with Crippen molar-refractivity contribution in [3.63, 3.8) is 0 Å². The highest BCUT2D eigenvalue weighted by Gasteiger charge is 2.32. The number of ether oxygens (including phenoxy) is 1. The van der Waals surface area contributed by atoms with E-state index < -0.39 is 0 Å². The van der Waals surface area contributed by atoms with Crippen molar-refractivity contribution >= 4 is 17.2 Å². The average molecular weight is 372 g/mol. The Morgan fingerprint density at radius 3 is 2.69 bits per heavy atom. The molecule has 0 aliphatic carbocycles. The lowest BCUT2D eigenvalue weighted by atomic mass is 9.86. The molecule has 1 aromatic carbocycles. The minimum atomic E-state index is 0.0527. The van der Waals surface area contributed by atoms with Crippen molar-refractivity contribution in [3.05, 3.63) is 40.7 Å². The first-order chi connectivity index (χ1) is 12.7. The predicted molar refractivity (Wildman–Crippen MR) is 103 cm³/mol. The Labute approximate surface area is 158 Å². The molecule has 2 aromatic rings. The normalized spacial score (nSPS) is 24.6. The Morgan fingerprint density at radius 1 is 1.19 bits per heavy atom. The Balaban J connectivity index is 1.36. The van der Waals surface area contributed by atoms with Crippen LogP contribution >= 0.6 is 11.3 Å². The molecular formula is C20H25N3O2S. The predicted octanol–water partition coefficient (Wildman–Crippen LogP) is 3.17. The fraction of sp³-hybridized carbons (Fsp3) is 0.500. The molecule has 2 N–H and O–H groups in total. The summed E-state index contributed by atoms with van der Waals surface area (Å²) in [6.45, 7) is 2.32. The number of thiazole rings is 1. The number of nitrogens with zero attached hydrogens (tertiary/aromatic N) is 2. The summed E-state index contributed by atoms with van der Waals surface area (Å²) in [4.78, 5) is 19.3. The topological polar surface area (TPSA) is 68.5 Å². The summed E-state index contributed by atoms with van der Waals surface area (Å²) in [5.74, 6) is 0.568. The Bertz CT molecular complexity index is 741. The van der Waals surface area contributed by atoms with Gasteiger partial charge in [0.2, 0.25) is 0 Å². The second kappa shape index (κ2) is 7.86. The van der Waals surface area contributed by atoms with Crippen molar-refractivity contribution in [1.29, 1.82) is 0 Å². The molecule has 2 saturated heterocycles. The molecule has 2 aliphatic rings. The molecule has 2 unspecified atom stereocenters. The van der Waals surface area contributed by atoms with Crippen molar-refractivity contribution in [2.24, 2.45) is 11.7 Å². The van der Waals surface area contributed by atoms with Gasteiger partial charge in [0.05, 0.1) is 11.8 Å². The maximum Gasteiger partial charge on any atom is 0.282 e. The Kier molecular flexibility index (Phi) is 5.33. The van der Waals surface area contributed by atoms with Crippen LogP contribution in [0.5, 0.6) is 0 Å². The summed E-state index contributed by atoms with van der Waals surface area (Å²) in [6, 6.07) is 10.3. The largest absolute Gasteiger partial charge is 0.378 e. The third-order valence-electron chi connectivity index (χ3n) is 5.46. The summed E-state index contributed by atoms with van der Waals surface area (Å²) in [6.07, 6.45) is 4.15. The van der Waals surface area contributed by atoms with Gasteiger partial charge in [-0.15, -0.1) is 11.3 Å². The van der Waals surface area contributed by atoms with Crippen LogP contribution in [0.1, 0.15) is 35.5 Å². The van der Waals surface area contributed by atoms with E-state index in [1.54, 1.807) is 0 Å². The lowest BCUT2D eigenvalue weighted by Gasteiger charge is -2.38. The van der Waals surface area contributed by atoms with Crippen molar-refractivity contribution in [3.8, 4) is 11.3 Å². The van der Waals surface area contributed by atoms with Crippen molar-refractivity contribution in [2.75, 3.05) is 19.7 Å². The molecule has 2 aliphatic heterocycles. The number of amides is 1. The highest BCUT2D eigenvalue weighted by molar-refractivity contribution is 7.12. The lowest BCUT2D eigenvalue weighted by molar-refractivity contribution is -0.0419. The Hall–Kier alpha value is -1.76. The van der Waals surface area contributed by atoms with E-state index in [0.717, 1.165) is 56.6 Å². The minimum Gasteiger partial charge on any atom is -0.378 e. The SMILES string of the molecule is NC1CCOC(C2CCN(C(=O)c3nc(-c4ccccc4)cs3)CC2)C1. The summed E-state index contributed by atoms with van der Waals surface area (Å²) in [5, 5.41) is 2.55. The second-order valence-corrected chi connectivity index (χ2v) is 8.09. The number of aromatic nitrogens is 1. The zero-order valence-electron chi connectivity index (χ0n) is 14.8. The molecular weight excluding hydrogens is 346 g/mol. The van der Waals surface area contributed by atoms with Gasteiger partial charge in [-0.25, -0.2) is 4.98 Å². The fourth-order valence-corrected chi connectivity index (χ4v) is 4.70. The Morgan fingerprint density at radius 2 is 1.96 bits per heavy atom. The number of hydrogen-bond acceptors (Lipinski definition) is 5. The van der Waals surface area contributed by atoms with Gasteiger partial charge >= 0.3 is 0 Å². The standard InChI is InChI=1S/C20H25N3O2S/c21-16-8-11-25-18(12-16)15-6-9-23(10-7-15)20(24)19-22-17(13-26-19)14-4-2-1-3-5-14/h1-5,13,15-16,18H,6-12,21H2. The maximum absolute atomic E-state index is 12.8. The molecule has 138 valence electrons. The molecule has 5 nitrogen and oxygen atoms in total. The van der Waals surface area contributed by atoms with Crippen LogP contribution in [-0.4, -0.2) is 47.6 Å². The van der Waals surface area contributed by atoms with Gasteiger partial charge in [0.1, 0.15) is 0 Å². The molecule has 2 fully saturated rings. The highest BCUT2D eigenvalue weighted by Crippen LogP contribution is 2.29. The quantitative estimate of drug-likeness (QED) is 0.900. The van der Waals surface area contributed by atoms with Crippen LogP contribution in [0.25, 0.3) is 11.3 Å². The van der Waals surface area contributed by atoms with Gasteiger partial charge in [0, 0.05) is 36.7 Å². The molecule has 26 heavy (non-hydrogen) atoms. The summed E-state index contributed by atoms with van der Waals surface area (Å²) in [7, 11) is 0. The number of piperidine rings is 1. The fourth-order valence-electron chi connectivity index (χ4n) is 3.91. The van der Waals surface area contributed by atoms with Gasteiger partial charge in [-0.1, -0.05) is 30.3 Å². The highest BCUT2D eigenvalue weighted by atomic mass is 32.1. The number of likely N-dealkylation sites (tertiary alicyclic amines) is 1. The molecule has 0 saturated carbocycles. The summed E-state index contributed by atoms with van der Waals surface area (Å²) < 4.78 is 5.93. The molecule has 0 bridgehead atoms. The first kappa shape index (κ1) is 17.6. The van der Waals surface area contributed by atoms with Crippen LogP contribution in [0.15, 0.2) is 35.7 Å². The van der Waals surface area contributed by atoms with Crippen LogP contribution in [0, 0.1) is 5.92 Å². The molecule has 2 atom stereocenters. The van der Waals surface area contributed by atoms with Crippen LogP contribution in [0.2, 0.25) is 0 Å². The minimum absolute atomic E-state index is 0.0527. The molecule has 1 amide bonds. The van der Waals surface area contributed by atoms with Gasteiger partial charge in [0.15, 0.2) is 5.01 Å². The monoisotopic (exact) mass is 371 g/mol. The zero-order valence-corrected chi connectivity index (χ0v) is 15.7. The molecule has 4 rings (SSSR count). The van der Waals surface area contributed by atoms with Crippen LogP contribution in [0.3, 0.4) is 0 Å². The molecule has 0 spiro atoms. The van der Waals surface area contributed by atoms with E-state index in [2.05, 4.69) is 4.98 Å².